The highest BCUT2D eigenvalue weighted by atomic mass is 16.5. The van der Waals surface area contributed by atoms with Gasteiger partial charge in [-0.25, -0.2) is 0 Å². The van der Waals surface area contributed by atoms with Gasteiger partial charge in [-0.3, -0.25) is 0 Å². The second kappa shape index (κ2) is 12.3. The molecule has 0 atom stereocenters. The fourth-order valence-electron chi connectivity index (χ4n) is 4.30. The summed E-state index contributed by atoms with van der Waals surface area (Å²) in [6.07, 6.45) is 14.7. The van der Waals surface area contributed by atoms with Gasteiger partial charge in [0.25, 0.3) is 0 Å². The Labute approximate surface area is 193 Å². The van der Waals surface area contributed by atoms with Crippen LogP contribution < -0.4 is 9.47 Å². The normalized spacial score (nSPS) is 11.9. The zero-order valence-electron chi connectivity index (χ0n) is 20.2. The molecule has 0 radical (unpaired) electrons. The van der Waals surface area contributed by atoms with Crippen LogP contribution in [-0.4, -0.2) is 13.2 Å². The Morgan fingerprint density at radius 2 is 1.03 bits per heavy atom. The molecule has 2 heteroatoms. The van der Waals surface area contributed by atoms with Crippen LogP contribution in [0.15, 0.2) is 60.7 Å². The minimum absolute atomic E-state index is 0.678. The Morgan fingerprint density at radius 1 is 0.594 bits per heavy atom. The number of benzene rings is 3. The predicted octanol–water partition coefficient (Wildman–Crippen LogP) is 8.59. The highest BCUT2D eigenvalue weighted by molar-refractivity contribution is 6.13. The van der Waals surface area contributed by atoms with E-state index in [-0.39, 0.29) is 0 Å². The average Bonchev–Trinajstić information content (AvgIpc) is 2.83. The van der Waals surface area contributed by atoms with Crippen molar-refractivity contribution in [3.8, 4) is 11.5 Å². The van der Waals surface area contributed by atoms with Crippen molar-refractivity contribution < 1.29 is 9.47 Å². The van der Waals surface area contributed by atoms with Crippen molar-refractivity contribution in [2.45, 2.75) is 66.2 Å². The van der Waals surface area contributed by atoms with Crippen LogP contribution in [0.2, 0.25) is 0 Å². The Bertz CT molecular complexity index is 988. The van der Waals surface area contributed by atoms with Gasteiger partial charge in [-0.1, -0.05) is 88.4 Å². The molecule has 3 rings (SSSR count). The lowest BCUT2D eigenvalue weighted by atomic mass is 9.93. The van der Waals surface area contributed by atoms with Gasteiger partial charge in [0.05, 0.1) is 13.2 Å². The zero-order valence-corrected chi connectivity index (χ0v) is 20.2. The fourth-order valence-corrected chi connectivity index (χ4v) is 4.30. The monoisotopic (exact) mass is 430 g/mol. The summed E-state index contributed by atoms with van der Waals surface area (Å²) in [4.78, 5) is 0. The molecule has 32 heavy (non-hydrogen) atoms. The molecule has 0 spiro atoms. The standard InChI is InChI=1S/C30H38O2/c1-5-9-11-13-21-31-29-25-19-15-18-24(8-4)28(25)30(32-22-14-12-10-6-2)26-20-16-17-23(7-3)27(26)29/h9-12,15-20H,5-8,13-14,21-22H2,1-4H3/b11-9+,12-10+. The first-order valence-corrected chi connectivity index (χ1v) is 12.3. The van der Waals surface area contributed by atoms with Crippen molar-refractivity contribution in [1.82, 2.24) is 0 Å². The van der Waals surface area contributed by atoms with Gasteiger partial charge in [0, 0.05) is 21.5 Å². The lowest BCUT2D eigenvalue weighted by Crippen LogP contribution is -2.04. The Kier molecular flexibility index (Phi) is 9.22. The van der Waals surface area contributed by atoms with Crippen LogP contribution in [0.4, 0.5) is 0 Å². The van der Waals surface area contributed by atoms with Gasteiger partial charge < -0.3 is 9.47 Å². The van der Waals surface area contributed by atoms with E-state index in [1.807, 2.05) is 0 Å². The summed E-state index contributed by atoms with van der Waals surface area (Å²) in [6, 6.07) is 13.1. The van der Waals surface area contributed by atoms with Crippen LogP contribution in [0.3, 0.4) is 0 Å². The molecule has 0 aliphatic heterocycles. The maximum Gasteiger partial charge on any atom is 0.135 e. The van der Waals surface area contributed by atoms with Crippen LogP contribution in [0.5, 0.6) is 11.5 Å². The summed E-state index contributed by atoms with van der Waals surface area (Å²) in [6.45, 7) is 10.1. The molecule has 170 valence electrons. The molecule has 2 nitrogen and oxygen atoms in total. The Hall–Kier alpha value is -2.74. The quantitative estimate of drug-likeness (QED) is 0.163. The number of hydrogen-bond acceptors (Lipinski definition) is 2. The van der Waals surface area contributed by atoms with E-state index in [2.05, 4.69) is 88.4 Å². The molecule has 0 aliphatic carbocycles. The second-order valence-electron chi connectivity index (χ2n) is 8.08. The third kappa shape index (κ3) is 5.35. The minimum atomic E-state index is 0.678. The largest absolute Gasteiger partial charge is 0.492 e. The van der Waals surface area contributed by atoms with Gasteiger partial charge in [0.2, 0.25) is 0 Å². The topological polar surface area (TPSA) is 18.5 Å². The Balaban J connectivity index is 2.19. The van der Waals surface area contributed by atoms with Crippen LogP contribution >= 0.6 is 0 Å². The predicted molar refractivity (Wildman–Crippen MR) is 139 cm³/mol. The lowest BCUT2D eigenvalue weighted by Gasteiger charge is -2.21. The van der Waals surface area contributed by atoms with Crippen molar-refractivity contribution in [3.05, 3.63) is 71.8 Å². The first-order valence-electron chi connectivity index (χ1n) is 12.3. The highest BCUT2D eigenvalue weighted by Gasteiger charge is 2.20. The first kappa shape index (κ1) is 23.9. The molecular formula is C30H38O2. The van der Waals surface area contributed by atoms with Crippen molar-refractivity contribution >= 4 is 21.5 Å². The summed E-state index contributed by atoms with van der Waals surface area (Å²) in [5, 5.41) is 4.73. The van der Waals surface area contributed by atoms with E-state index < -0.39 is 0 Å². The molecule has 0 aliphatic rings. The molecule has 3 aromatic rings. The zero-order chi connectivity index (χ0) is 22.8. The van der Waals surface area contributed by atoms with E-state index in [9.17, 15) is 0 Å². The van der Waals surface area contributed by atoms with Gasteiger partial charge in [-0.15, -0.1) is 0 Å². The van der Waals surface area contributed by atoms with Gasteiger partial charge >= 0.3 is 0 Å². The molecule has 0 saturated heterocycles. The second-order valence-corrected chi connectivity index (χ2v) is 8.08. The summed E-state index contributed by atoms with van der Waals surface area (Å²) in [5.41, 5.74) is 2.61. The van der Waals surface area contributed by atoms with Gasteiger partial charge in [0.1, 0.15) is 11.5 Å². The maximum atomic E-state index is 6.52. The molecule has 0 N–H and O–H groups in total. The van der Waals surface area contributed by atoms with Crippen LogP contribution in [0.25, 0.3) is 21.5 Å². The van der Waals surface area contributed by atoms with Crippen LogP contribution in [0, 0.1) is 0 Å². The number of aryl methyl sites for hydroxylation is 2. The summed E-state index contributed by atoms with van der Waals surface area (Å²) in [5.74, 6) is 2.01. The van der Waals surface area contributed by atoms with Gasteiger partial charge in [0.15, 0.2) is 0 Å². The Morgan fingerprint density at radius 3 is 1.41 bits per heavy atom. The molecule has 3 aromatic carbocycles. The molecule has 0 unspecified atom stereocenters. The molecule has 0 fully saturated rings. The highest BCUT2D eigenvalue weighted by Crippen LogP contribution is 2.45. The van der Waals surface area contributed by atoms with E-state index in [1.54, 1.807) is 0 Å². The minimum Gasteiger partial charge on any atom is -0.492 e. The summed E-state index contributed by atoms with van der Waals surface area (Å²) in [7, 11) is 0. The van der Waals surface area contributed by atoms with Gasteiger partial charge in [-0.2, -0.15) is 0 Å². The van der Waals surface area contributed by atoms with Crippen molar-refractivity contribution in [2.75, 3.05) is 13.2 Å². The van der Waals surface area contributed by atoms with E-state index in [1.165, 1.54) is 21.9 Å². The molecule has 0 heterocycles. The van der Waals surface area contributed by atoms with E-state index in [0.29, 0.717) is 13.2 Å². The van der Waals surface area contributed by atoms with Gasteiger partial charge in [-0.05, 0) is 49.7 Å². The van der Waals surface area contributed by atoms with E-state index in [4.69, 9.17) is 9.47 Å². The molecule has 0 aromatic heterocycles. The molecule has 0 saturated carbocycles. The maximum absolute atomic E-state index is 6.52. The number of fused-ring (bicyclic) bond motifs is 2. The van der Waals surface area contributed by atoms with Crippen molar-refractivity contribution in [2.24, 2.45) is 0 Å². The summed E-state index contributed by atoms with van der Waals surface area (Å²) < 4.78 is 13.0. The molecular weight excluding hydrogens is 392 g/mol. The SMILES string of the molecule is CC/C=C/CCOc1c2cccc(CC)c2c(OCC/C=C/CC)c2cccc(CC)c12. The smallest absolute Gasteiger partial charge is 0.135 e. The summed E-state index contributed by atoms with van der Waals surface area (Å²) >= 11 is 0. The number of ether oxygens (including phenoxy) is 2. The third-order valence-electron chi connectivity index (χ3n) is 5.87. The third-order valence-corrected chi connectivity index (χ3v) is 5.87. The van der Waals surface area contributed by atoms with Crippen LogP contribution in [-0.2, 0) is 12.8 Å². The fraction of sp³-hybridized carbons (Fsp3) is 0.400. The number of hydrogen-bond donors (Lipinski definition) is 0. The van der Waals surface area contributed by atoms with E-state index in [0.717, 1.165) is 60.8 Å². The lowest BCUT2D eigenvalue weighted by molar-refractivity contribution is 0.326. The molecule has 0 bridgehead atoms. The van der Waals surface area contributed by atoms with E-state index >= 15 is 0 Å². The number of allylic oxidation sites excluding steroid dienone is 2. The average molecular weight is 431 g/mol. The first-order chi connectivity index (χ1) is 15.8. The molecule has 0 amide bonds. The van der Waals surface area contributed by atoms with Crippen LogP contribution in [0.1, 0.15) is 64.5 Å². The van der Waals surface area contributed by atoms with Crippen molar-refractivity contribution in [3.63, 3.8) is 0 Å². The number of rotatable bonds is 12. The van der Waals surface area contributed by atoms with Crippen molar-refractivity contribution in [1.29, 1.82) is 0 Å².